The number of hydroxylamine groups is 2. The molecule has 1 amide bonds. The van der Waals surface area contributed by atoms with Crippen LogP contribution in [0.1, 0.15) is 38.3 Å². The number of hydrogen-bond donors (Lipinski definition) is 1. The van der Waals surface area contributed by atoms with Gasteiger partial charge in [0.05, 0.1) is 5.92 Å². The van der Waals surface area contributed by atoms with E-state index in [1.54, 1.807) is 6.07 Å². The van der Waals surface area contributed by atoms with Crippen molar-refractivity contribution in [1.82, 2.24) is 9.96 Å². The Bertz CT molecular complexity index is 935. The van der Waals surface area contributed by atoms with E-state index in [0.29, 0.717) is 24.6 Å². The van der Waals surface area contributed by atoms with Gasteiger partial charge in [0.2, 0.25) is 0 Å². The van der Waals surface area contributed by atoms with Crippen LogP contribution < -0.4 is 0 Å². The van der Waals surface area contributed by atoms with Gasteiger partial charge in [0.25, 0.3) is 5.91 Å². The van der Waals surface area contributed by atoms with Crippen LogP contribution in [0, 0.1) is 11.8 Å². The van der Waals surface area contributed by atoms with E-state index in [0.717, 1.165) is 35.7 Å². The van der Waals surface area contributed by atoms with Gasteiger partial charge in [-0.05, 0) is 54.0 Å². The van der Waals surface area contributed by atoms with Crippen molar-refractivity contribution >= 4 is 11.9 Å². The molecule has 3 rings (SSSR count). The largest absolute Gasteiger partial charge is 0.508 e. The molecule has 1 aliphatic rings. The van der Waals surface area contributed by atoms with Crippen LogP contribution in [0.25, 0.3) is 0 Å². The number of likely N-dealkylation sites (tertiary alicyclic amines) is 1. The average molecular weight is 457 g/mol. The number of carbonyl (C=O) groups is 2. The molecule has 2 aromatic carbocycles. The second-order valence-corrected chi connectivity index (χ2v) is 9.18. The van der Waals surface area contributed by atoms with E-state index in [2.05, 4.69) is 24.8 Å². The number of amides is 1. The van der Waals surface area contributed by atoms with Gasteiger partial charge in [-0.25, -0.2) is 0 Å². The lowest BCUT2D eigenvalue weighted by molar-refractivity contribution is -0.193. The monoisotopic (exact) mass is 456 g/mol. The van der Waals surface area contributed by atoms with Crippen molar-refractivity contribution in [3.63, 3.8) is 0 Å². The SMILES string of the molecule is CC(=O)ON(C)C(=O)C(Cc1ccccc1)CN1CCC(C)(c2cccc(O)c2)C(C)C1.O. The summed E-state index contributed by atoms with van der Waals surface area (Å²) in [5, 5.41) is 11.0. The highest BCUT2D eigenvalue weighted by Crippen LogP contribution is 2.40. The van der Waals surface area contributed by atoms with Gasteiger partial charge >= 0.3 is 5.97 Å². The van der Waals surface area contributed by atoms with E-state index < -0.39 is 5.97 Å². The van der Waals surface area contributed by atoms with Crippen molar-refractivity contribution in [2.24, 2.45) is 11.8 Å². The lowest BCUT2D eigenvalue weighted by Crippen LogP contribution is -2.50. The molecule has 0 spiro atoms. The summed E-state index contributed by atoms with van der Waals surface area (Å²) in [6.07, 6.45) is 1.52. The summed E-state index contributed by atoms with van der Waals surface area (Å²) in [5.74, 6) is -0.387. The molecule has 0 radical (unpaired) electrons. The molecular weight excluding hydrogens is 420 g/mol. The van der Waals surface area contributed by atoms with Crippen molar-refractivity contribution in [3.05, 3.63) is 65.7 Å². The van der Waals surface area contributed by atoms with Crippen LogP contribution in [-0.2, 0) is 26.3 Å². The second kappa shape index (κ2) is 11.3. The van der Waals surface area contributed by atoms with Gasteiger partial charge in [0.1, 0.15) is 5.75 Å². The molecule has 180 valence electrons. The third-order valence-corrected chi connectivity index (χ3v) is 6.80. The van der Waals surface area contributed by atoms with Gasteiger partial charge in [-0.15, -0.1) is 0 Å². The predicted octanol–water partition coefficient (Wildman–Crippen LogP) is 2.96. The van der Waals surface area contributed by atoms with Crippen LogP contribution in [-0.4, -0.2) is 59.1 Å². The summed E-state index contributed by atoms with van der Waals surface area (Å²) < 4.78 is 0. The minimum absolute atomic E-state index is 0. The number of phenols is 1. The minimum Gasteiger partial charge on any atom is -0.508 e. The van der Waals surface area contributed by atoms with Crippen LogP contribution in [0.3, 0.4) is 0 Å². The highest BCUT2D eigenvalue weighted by atomic mass is 16.7. The molecule has 1 saturated heterocycles. The Kier molecular flexibility index (Phi) is 9.02. The van der Waals surface area contributed by atoms with Gasteiger partial charge in [-0.3, -0.25) is 9.59 Å². The first-order valence-corrected chi connectivity index (χ1v) is 11.2. The van der Waals surface area contributed by atoms with Gasteiger partial charge < -0.3 is 20.3 Å². The highest BCUT2D eigenvalue weighted by molar-refractivity contribution is 5.80. The highest BCUT2D eigenvalue weighted by Gasteiger charge is 2.39. The van der Waals surface area contributed by atoms with Crippen LogP contribution >= 0.6 is 0 Å². The van der Waals surface area contributed by atoms with E-state index >= 15 is 0 Å². The minimum atomic E-state index is -0.507. The van der Waals surface area contributed by atoms with Gasteiger partial charge in [-0.2, -0.15) is 5.06 Å². The molecule has 1 aliphatic heterocycles. The van der Waals surface area contributed by atoms with E-state index in [1.165, 1.54) is 14.0 Å². The molecule has 2 aromatic rings. The van der Waals surface area contributed by atoms with Crippen molar-refractivity contribution in [2.75, 3.05) is 26.7 Å². The number of piperidine rings is 1. The molecule has 1 fully saturated rings. The lowest BCUT2D eigenvalue weighted by atomic mass is 9.68. The molecule has 3 unspecified atom stereocenters. The van der Waals surface area contributed by atoms with Gasteiger partial charge in [0, 0.05) is 27.1 Å². The Morgan fingerprint density at radius 1 is 1.21 bits per heavy atom. The Morgan fingerprint density at radius 2 is 1.91 bits per heavy atom. The number of aromatic hydroxyl groups is 1. The van der Waals surface area contributed by atoms with Crippen LogP contribution in [0.4, 0.5) is 0 Å². The molecule has 3 atom stereocenters. The fraction of sp³-hybridized carbons (Fsp3) is 0.462. The zero-order valence-electron chi connectivity index (χ0n) is 20.0. The smallest absolute Gasteiger partial charge is 0.329 e. The first-order chi connectivity index (χ1) is 15.2. The topological polar surface area (TPSA) is 102 Å². The zero-order chi connectivity index (χ0) is 23.3. The third-order valence-electron chi connectivity index (χ3n) is 6.80. The van der Waals surface area contributed by atoms with Crippen LogP contribution in [0.2, 0.25) is 0 Å². The lowest BCUT2D eigenvalue weighted by Gasteiger charge is -2.46. The Hall–Kier alpha value is -2.90. The molecular formula is C26H36N2O5. The number of hydrogen-bond acceptors (Lipinski definition) is 5. The standard InChI is InChI=1S/C26H34N2O4.H2O/c1-19-17-28(14-13-26(19,3)23-11-8-12-24(30)16-23)18-22(15-21-9-6-5-7-10-21)25(31)27(4)32-20(2)29;/h5-12,16,19,22,30H,13-15,17-18H2,1-4H3;1H2. The molecule has 0 bridgehead atoms. The average Bonchev–Trinajstić information content (AvgIpc) is 2.75. The first-order valence-electron chi connectivity index (χ1n) is 11.2. The van der Waals surface area contributed by atoms with Crippen LogP contribution in [0.5, 0.6) is 5.75 Å². The quantitative estimate of drug-likeness (QED) is 0.674. The van der Waals surface area contributed by atoms with Crippen molar-refractivity contribution in [2.45, 2.75) is 39.0 Å². The number of phenolic OH excluding ortho intramolecular Hbond substituents is 1. The predicted molar refractivity (Wildman–Crippen MR) is 127 cm³/mol. The maximum Gasteiger partial charge on any atom is 0.329 e. The fourth-order valence-electron chi connectivity index (χ4n) is 4.71. The second-order valence-electron chi connectivity index (χ2n) is 9.18. The normalized spacial score (nSPS) is 21.5. The third kappa shape index (κ3) is 6.55. The summed E-state index contributed by atoms with van der Waals surface area (Å²) in [6, 6.07) is 17.5. The number of carbonyl (C=O) groups excluding carboxylic acids is 2. The fourth-order valence-corrected chi connectivity index (χ4v) is 4.71. The summed E-state index contributed by atoms with van der Waals surface area (Å²) in [6.45, 7) is 8.08. The van der Waals surface area contributed by atoms with E-state index in [1.807, 2.05) is 42.5 Å². The molecule has 0 aliphatic carbocycles. The van der Waals surface area contributed by atoms with E-state index in [4.69, 9.17) is 4.84 Å². The zero-order valence-corrected chi connectivity index (χ0v) is 20.0. The van der Waals surface area contributed by atoms with E-state index in [-0.39, 0.29) is 22.7 Å². The summed E-state index contributed by atoms with van der Waals surface area (Å²) in [7, 11) is 1.50. The molecule has 7 heteroatoms. The first kappa shape index (κ1) is 26.4. The Labute approximate surface area is 196 Å². The van der Waals surface area contributed by atoms with Crippen LogP contribution in [0.15, 0.2) is 54.6 Å². The van der Waals surface area contributed by atoms with Gasteiger partial charge in [0.15, 0.2) is 0 Å². The molecule has 33 heavy (non-hydrogen) atoms. The molecule has 3 N–H and O–H groups in total. The maximum absolute atomic E-state index is 13.1. The van der Waals surface area contributed by atoms with Crippen molar-refractivity contribution in [3.8, 4) is 5.75 Å². The molecule has 0 aromatic heterocycles. The maximum atomic E-state index is 13.1. The molecule has 1 heterocycles. The Morgan fingerprint density at radius 3 is 2.52 bits per heavy atom. The van der Waals surface area contributed by atoms with Gasteiger partial charge in [-0.1, -0.05) is 56.3 Å². The number of rotatable bonds is 6. The summed E-state index contributed by atoms with van der Waals surface area (Å²) in [5.41, 5.74) is 2.19. The summed E-state index contributed by atoms with van der Waals surface area (Å²) >= 11 is 0. The molecule has 0 saturated carbocycles. The summed E-state index contributed by atoms with van der Waals surface area (Å²) in [4.78, 5) is 31.9. The van der Waals surface area contributed by atoms with Crippen molar-refractivity contribution < 1.29 is 25.0 Å². The number of nitrogens with zero attached hydrogens (tertiary/aromatic N) is 2. The molecule has 7 nitrogen and oxygen atoms in total. The number of benzene rings is 2. The van der Waals surface area contributed by atoms with E-state index in [9.17, 15) is 14.7 Å². The Balaban J connectivity index is 0.00000385. The van der Waals surface area contributed by atoms with Crippen molar-refractivity contribution in [1.29, 1.82) is 0 Å².